The number of ether oxygens (including phenoxy) is 2. The number of fused-ring (bicyclic) bond motifs is 1. The van der Waals surface area contributed by atoms with E-state index in [-0.39, 0.29) is 35.1 Å². The van der Waals surface area contributed by atoms with Gasteiger partial charge in [0.2, 0.25) is 5.90 Å². The highest BCUT2D eigenvalue weighted by Gasteiger charge is 2.37. The Morgan fingerprint density at radius 2 is 2.02 bits per heavy atom. The van der Waals surface area contributed by atoms with Crippen molar-refractivity contribution in [1.29, 1.82) is 5.41 Å². The highest BCUT2D eigenvalue weighted by atomic mass is 28.4. The second-order valence-corrected chi connectivity index (χ2v) is 17.4. The molecule has 3 rings (SSSR count). The molecule has 0 spiro atoms. The summed E-state index contributed by atoms with van der Waals surface area (Å²) in [4.78, 5) is 27.1. The number of aliphatic hydroxyl groups is 1. The number of hydrogen-bond donors (Lipinski definition) is 3. The Kier molecular flexibility index (Phi) is 11.5. The molecule has 2 aliphatic rings. The molecular weight excluding hydrogens is 540 g/mol. The normalized spacial score (nSPS) is 19.5. The lowest BCUT2D eigenvalue weighted by molar-refractivity contribution is 0.0935. The molecule has 11 nitrogen and oxygen atoms in total. The standard InChI is InChI=1S/C29H50N6O5Si/c1-20(31-25(27(30)39-6)18-35-11-9-21(16-35)19-36)32-28(37)23-15-26(38-5)22-10-12-34(17-24(22)33-23)13-14-40-41(7,8)29(2,3)4/h15,20-21,30,36H,9-14,16-19H2,1-8H3,(H,32,37)/b30-27?,31-25-. The fraction of sp³-hybridized carbons (Fsp3) is 0.724. The number of hydrogen-bond acceptors (Lipinski definition) is 10. The molecule has 1 aromatic heterocycles. The predicted octanol–water partition coefficient (Wildman–Crippen LogP) is 2.92. The lowest BCUT2D eigenvalue weighted by atomic mass is 10.0. The second-order valence-electron chi connectivity index (χ2n) is 12.6. The Hall–Kier alpha value is -2.38. The van der Waals surface area contributed by atoms with Crippen molar-refractivity contribution in [1.82, 2.24) is 20.1 Å². The molecule has 41 heavy (non-hydrogen) atoms. The van der Waals surface area contributed by atoms with Gasteiger partial charge in [0.15, 0.2) is 8.32 Å². The van der Waals surface area contributed by atoms with Crippen molar-refractivity contribution in [2.45, 2.75) is 71.4 Å². The smallest absolute Gasteiger partial charge is 0.271 e. The predicted molar refractivity (Wildman–Crippen MR) is 164 cm³/mol. The number of amides is 1. The maximum atomic E-state index is 13.3. The van der Waals surface area contributed by atoms with Crippen LogP contribution in [0.25, 0.3) is 0 Å². The van der Waals surface area contributed by atoms with Gasteiger partial charge < -0.3 is 24.3 Å². The number of aliphatic imine (C=N–C) groups is 1. The molecule has 1 saturated heterocycles. The van der Waals surface area contributed by atoms with E-state index in [0.29, 0.717) is 31.2 Å². The van der Waals surface area contributed by atoms with Gasteiger partial charge in [-0.3, -0.25) is 25.0 Å². The van der Waals surface area contributed by atoms with E-state index in [9.17, 15) is 9.90 Å². The van der Waals surface area contributed by atoms with Crippen LogP contribution >= 0.6 is 0 Å². The Morgan fingerprint density at radius 1 is 1.29 bits per heavy atom. The van der Waals surface area contributed by atoms with E-state index in [1.165, 1.54) is 7.11 Å². The minimum absolute atomic E-state index is 0.0373. The molecule has 2 aliphatic heterocycles. The quantitative estimate of drug-likeness (QED) is 0.192. The molecule has 0 saturated carbocycles. The number of likely N-dealkylation sites (tertiary alicyclic amines) is 1. The van der Waals surface area contributed by atoms with Gasteiger partial charge in [0.1, 0.15) is 23.3 Å². The summed E-state index contributed by atoms with van der Waals surface area (Å²) in [6.07, 6.45) is 1.10. The summed E-state index contributed by atoms with van der Waals surface area (Å²) in [5.74, 6) is 0.508. The number of rotatable bonds is 12. The van der Waals surface area contributed by atoms with Crippen LogP contribution in [-0.4, -0.2) is 112 Å². The third-order valence-electron chi connectivity index (χ3n) is 8.51. The van der Waals surface area contributed by atoms with Gasteiger partial charge in [-0.25, -0.2) is 4.98 Å². The van der Waals surface area contributed by atoms with E-state index in [1.54, 1.807) is 20.1 Å². The van der Waals surface area contributed by atoms with E-state index < -0.39 is 14.5 Å². The largest absolute Gasteiger partial charge is 0.496 e. The monoisotopic (exact) mass is 590 g/mol. The highest BCUT2D eigenvalue weighted by Crippen LogP contribution is 2.36. The van der Waals surface area contributed by atoms with Crippen LogP contribution in [0.3, 0.4) is 0 Å². The van der Waals surface area contributed by atoms with Crippen LogP contribution in [-0.2, 0) is 22.1 Å². The summed E-state index contributed by atoms with van der Waals surface area (Å²) in [5, 5.41) is 20.7. The zero-order chi connectivity index (χ0) is 30.4. The zero-order valence-electron chi connectivity index (χ0n) is 26.2. The molecule has 230 valence electrons. The van der Waals surface area contributed by atoms with Crippen LogP contribution in [0.4, 0.5) is 0 Å². The van der Waals surface area contributed by atoms with E-state index in [4.69, 9.17) is 24.3 Å². The maximum absolute atomic E-state index is 13.3. The molecule has 0 bridgehead atoms. The summed E-state index contributed by atoms with van der Waals surface area (Å²) in [5.41, 5.74) is 2.61. The van der Waals surface area contributed by atoms with Crippen molar-refractivity contribution in [3.63, 3.8) is 0 Å². The van der Waals surface area contributed by atoms with Gasteiger partial charge in [-0.15, -0.1) is 0 Å². The lowest BCUT2D eigenvalue weighted by Gasteiger charge is -2.37. The fourth-order valence-corrected chi connectivity index (χ4v) is 5.96. The molecule has 12 heteroatoms. The average Bonchev–Trinajstić information content (AvgIpc) is 3.38. The minimum Gasteiger partial charge on any atom is -0.496 e. The van der Waals surface area contributed by atoms with Crippen molar-refractivity contribution in [3.05, 3.63) is 23.0 Å². The number of carbonyl (C=O) groups excluding carboxylic acids is 1. The SMILES string of the molecule is COC(=N)/C(CN1CCC(CO)C1)=N\C(C)NC(=O)c1cc(OC)c2c(n1)CN(CCO[Si](C)(C)C(C)(C)C)CC2. The van der Waals surface area contributed by atoms with Crippen molar-refractivity contribution in [3.8, 4) is 5.75 Å². The van der Waals surface area contributed by atoms with Crippen molar-refractivity contribution >= 4 is 25.8 Å². The van der Waals surface area contributed by atoms with Crippen molar-refractivity contribution < 1.29 is 23.8 Å². The van der Waals surface area contributed by atoms with Crippen molar-refractivity contribution in [2.24, 2.45) is 10.9 Å². The van der Waals surface area contributed by atoms with Crippen LogP contribution < -0.4 is 10.1 Å². The van der Waals surface area contributed by atoms with Gasteiger partial charge in [0, 0.05) is 57.6 Å². The van der Waals surface area contributed by atoms with Gasteiger partial charge in [-0.2, -0.15) is 0 Å². The average molecular weight is 591 g/mol. The highest BCUT2D eigenvalue weighted by molar-refractivity contribution is 6.74. The van der Waals surface area contributed by atoms with E-state index in [2.05, 4.69) is 54.0 Å². The first-order valence-electron chi connectivity index (χ1n) is 14.5. The van der Waals surface area contributed by atoms with Crippen LogP contribution in [0.1, 0.15) is 55.9 Å². The summed E-state index contributed by atoms with van der Waals surface area (Å²) >= 11 is 0. The van der Waals surface area contributed by atoms with Gasteiger partial charge in [-0.1, -0.05) is 20.8 Å². The molecule has 0 aromatic carbocycles. The third-order valence-corrected chi connectivity index (χ3v) is 13.0. The van der Waals surface area contributed by atoms with E-state index in [1.807, 2.05) is 0 Å². The third kappa shape index (κ3) is 8.81. The molecular formula is C29H50N6O5Si. The number of aromatic nitrogens is 1. The number of nitrogens with one attached hydrogen (secondary N) is 2. The van der Waals surface area contributed by atoms with Gasteiger partial charge >= 0.3 is 0 Å². The van der Waals surface area contributed by atoms with Crippen LogP contribution in [0.2, 0.25) is 18.1 Å². The summed E-state index contributed by atoms with van der Waals surface area (Å²) in [6.45, 7) is 18.2. The lowest BCUT2D eigenvalue weighted by Crippen LogP contribution is -2.43. The number of carbonyl (C=O) groups is 1. The van der Waals surface area contributed by atoms with Crippen LogP contribution in [0.5, 0.6) is 5.75 Å². The Labute approximate surface area is 246 Å². The maximum Gasteiger partial charge on any atom is 0.271 e. The molecule has 1 fully saturated rings. The van der Waals surface area contributed by atoms with E-state index in [0.717, 1.165) is 50.3 Å². The molecule has 2 unspecified atom stereocenters. The molecule has 1 amide bonds. The minimum atomic E-state index is -1.81. The Balaban J connectivity index is 1.67. The molecule has 0 aliphatic carbocycles. The second kappa shape index (κ2) is 14.2. The number of methoxy groups -OCH3 is 2. The number of aliphatic hydroxyl groups excluding tert-OH is 1. The van der Waals surface area contributed by atoms with Gasteiger partial charge in [0.25, 0.3) is 5.91 Å². The molecule has 0 radical (unpaired) electrons. The first-order chi connectivity index (χ1) is 19.3. The first-order valence-corrected chi connectivity index (χ1v) is 17.5. The van der Waals surface area contributed by atoms with Gasteiger partial charge in [-0.05, 0) is 50.4 Å². The van der Waals surface area contributed by atoms with Crippen LogP contribution in [0, 0.1) is 11.3 Å². The van der Waals surface area contributed by atoms with Gasteiger partial charge in [0.05, 0.1) is 19.9 Å². The molecule has 3 N–H and O–H groups in total. The topological polar surface area (TPSA) is 133 Å². The van der Waals surface area contributed by atoms with E-state index >= 15 is 0 Å². The van der Waals surface area contributed by atoms with Crippen LogP contribution in [0.15, 0.2) is 11.1 Å². The molecule has 3 heterocycles. The first kappa shape index (κ1) is 33.1. The summed E-state index contributed by atoms with van der Waals surface area (Å²) in [6, 6.07) is 1.69. The summed E-state index contributed by atoms with van der Waals surface area (Å²) < 4.78 is 17.2. The summed E-state index contributed by atoms with van der Waals surface area (Å²) in [7, 11) is 1.24. The Morgan fingerprint density at radius 3 is 2.63 bits per heavy atom. The molecule has 2 atom stereocenters. The fourth-order valence-electron chi connectivity index (χ4n) is 4.93. The number of pyridine rings is 1. The van der Waals surface area contributed by atoms with Crippen molar-refractivity contribution in [2.75, 3.05) is 60.2 Å². The number of nitrogens with zero attached hydrogens (tertiary/aromatic N) is 4. The molecule has 1 aromatic rings. The Bertz CT molecular complexity index is 1110. The zero-order valence-corrected chi connectivity index (χ0v) is 27.2.